The molecule has 0 aliphatic carbocycles. The van der Waals surface area contributed by atoms with Crippen LogP contribution >= 0.6 is 0 Å². The number of carboxylic acid groups (broad SMARTS) is 1. The topological polar surface area (TPSA) is 57.5 Å². The van der Waals surface area contributed by atoms with Gasteiger partial charge in [0.05, 0.1) is 0 Å². The van der Waals surface area contributed by atoms with Crippen LogP contribution < -0.4 is 0 Å². The molecule has 0 aromatic rings. The molecule has 0 fully saturated rings. The normalized spacial score (nSPS) is 13.5. The molecule has 0 aliphatic heterocycles. The SMILES string of the molecule is CC/C=C\C/C=C\C/C=C\CCCCC(CCO)CCC(=O)O. The largest absolute Gasteiger partial charge is 0.481 e. The average Bonchev–Trinajstić information content (AvgIpc) is 2.53. The molecule has 3 heteroatoms. The highest BCUT2D eigenvalue weighted by Crippen LogP contribution is 2.19. The van der Waals surface area contributed by atoms with Crippen LogP contribution in [-0.4, -0.2) is 22.8 Å². The van der Waals surface area contributed by atoms with Crippen molar-refractivity contribution in [1.29, 1.82) is 0 Å². The van der Waals surface area contributed by atoms with Crippen LogP contribution in [0.5, 0.6) is 0 Å². The van der Waals surface area contributed by atoms with Gasteiger partial charge in [-0.2, -0.15) is 0 Å². The van der Waals surface area contributed by atoms with E-state index in [2.05, 4.69) is 43.4 Å². The van der Waals surface area contributed by atoms with Gasteiger partial charge in [0.2, 0.25) is 0 Å². The summed E-state index contributed by atoms with van der Waals surface area (Å²) in [5.41, 5.74) is 0. The van der Waals surface area contributed by atoms with Gasteiger partial charge in [-0.25, -0.2) is 0 Å². The molecule has 0 radical (unpaired) electrons. The van der Waals surface area contributed by atoms with Crippen molar-refractivity contribution < 1.29 is 15.0 Å². The number of aliphatic hydroxyl groups is 1. The average molecular weight is 322 g/mol. The van der Waals surface area contributed by atoms with E-state index < -0.39 is 5.97 Å². The molecule has 0 spiro atoms. The molecule has 0 rings (SSSR count). The van der Waals surface area contributed by atoms with Gasteiger partial charge in [0.25, 0.3) is 0 Å². The second kappa shape index (κ2) is 17.0. The number of hydrogen-bond donors (Lipinski definition) is 2. The molecule has 0 aliphatic rings. The second-order valence-corrected chi connectivity index (χ2v) is 5.89. The van der Waals surface area contributed by atoms with Gasteiger partial charge in [0, 0.05) is 13.0 Å². The maximum atomic E-state index is 10.6. The lowest BCUT2D eigenvalue weighted by molar-refractivity contribution is -0.137. The zero-order valence-electron chi connectivity index (χ0n) is 14.6. The van der Waals surface area contributed by atoms with Crippen molar-refractivity contribution in [1.82, 2.24) is 0 Å². The van der Waals surface area contributed by atoms with E-state index in [1.54, 1.807) is 0 Å². The molecule has 2 N–H and O–H groups in total. The van der Waals surface area contributed by atoms with Crippen LogP contribution in [0.2, 0.25) is 0 Å². The van der Waals surface area contributed by atoms with Crippen molar-refractivity contribution in [3.8, 4) is 0 Å². The minimum absolute atomic E-state index is 0.157. The highest BCUT2D eigenvalue weighted by molar-refractivity contribution is 5.66. The Bertz CT molecular complexity index is 356. The summed E-state index contributed by atoms with van der Waals surface area (Å²) < 4.78 is 0. The first kappa shape index (κ1) is 21.6. The van der Waals surface area contributed by atoms with Crippen LogP contribution in [0.3, 0.4) is 0 Å². The fraction of sp³-hybridized carbons (Fsp3) is 0.650. The molecule has 0 bridgehead atoms. The van der Waals surface area contributed by atoms with Gasteiger partial charge < -0.3 is 10.2 Å². The van der Waals surface area contributed by atoms with Crippen LogP contribution in [0.1, 0.15) is 71.1 Å². The summed E-state index contributed by atoms with van der Waals surface area (Å²) in [6, 6.07) is 0. The van der Waals surface area contributed by atoms with E-state index >= 15 is 0 Å². The smallest absolute Gasteiger partial charge is 0.303 e. The lowest BCUT2D eigenvalue weighted by atomic mass is 9.93. The fourth-order valence-electron chi connectivity index (χ4n) is 2.46. The molecule has 0 saturated carbocycles. The van der Waals surface area contributed by atoms with Gasteiger partial charge in [-0.15, -0.1) is 0 Å². The van der Waals surface area contributed by atoms with Gasteiger partial charge in [0.15, 0.2) is 0 Å². The fourth-order valence-corrected chi connectivity index (χ4v) is 2.46. The first-order valence-electron chi connectivity index (χ1n) is 8.98. The highest BCUT2D eigenvalue weighted by Gasteiger charge is 2.09. The third-order valence-electron chi connectivity index (χ3n) is 3.82. The van der Waals surface area contributed by atoms with Crippen LogP contribution in [0.4, 0.5) is 0 Å². The molecule has 23 heavy (non-hydrogen) atoms. The van der Waals surface area contributed by atoms with Crippen LogP contribution in [0.15, 0.2) is 36.5 Å². The van der Waals surface area contributed by atoms with Gasteiger partial charge in [-0.05, 0) is 50.9 Å². The van der Waals surface area contributed by atoms with Gasteiger partial charge >= 0.3 is 5.97 Å². The monoisotopic (exact) mass is 322 g/mol. The van der Waals surface area contributed by atoms with Crippen molar-refractivity contribution in [3.05, 3.63) is 36.5 Å². The van der Waals surface area contributed by atoms with Crippen molar-refractivity contribution in [2.45, 2.75) is 71.1 Å². The molecular formula is C20H34O3. The maximum Gasteiger partial charge on any atom is 0.303 e. The summed E-state index contributed by atoms with van der Waals surface area (Å²) in [6.45, 7) is 2.30. The number of carboxylic acids is 1. The summed E-state index contributed by atoms with van der Waals surface area (Å²) in [5, 5.41) is 17.7. The Hall–Kier alpha value is -1.35. The van der Waals surface area contributed by atoms with E-state index in [0.29, 0.717) is 12.3 Å². The molecular weight excluding hydrogens is 288 g/mol. The summed E-state index contributed by atoms with van der Waals surface area (Å²) in [7, 11) is 0. The first-order valence-corrected chi connectivity index (χ1v) is 8.98. The van der Waals surface area contributed by atoms with Gasteiger partial charge in [-0.3, -0.25) is 4.79 Å². The van der Waals surface area contributed by atoms with Crippen LogP contribution in [-0.2, 0) is 4.79 Å². The molecule has 0 aromatic carbocycles. The van der Waals surface area contributed by atoms with E-state index in [-0.39, 0.29) is 13.0 Å². The molecule has 1 unspecified atom stereocenters. The Kier molecular flexibility index (Phi) is 16.0. The molecule has 132 valence electrons. The summed E-state index contributed by atoms with van der Waals surface area (Å²) in [4.78, 5) is 10.6. The summed E-state index contributed by atoms with van der Waals surface area (Å²) in [6.07, 6.45) is 22.2. The van der Waals surface area contributed by atoms with E-state index in [0.717, 1.165) is 51.4 Å². The van der Waals surface area contributed by atoms with Crippen LogP contribution in [0, 0.1) is 5.92 Å². The summed E-state index contributed by atoms with van der Waals surface area (Å²) >= 11 is 0. The number of hydrogen-bond acceptors (Lipinski definition) is 2. The molecule has 0 amide bonds. The minimum Gasteiger partial charge on any atom is -0.481 e. The number of aliphatic carboxylic acids is 1. The Morgan fingerprint density at radius 2 is 1.57 bits per heavy atom. The molecule has 3 nitrogen and oxygen atoms in total. The van der Waals surface area contributed by atoms with Gasteiger partial charge in [0.1, 0.15) is 0 Å². The number of carbonyl (C=O) groups is 1. The minimum atomic E-state index is -0.742. The van der Waals surface area contributed by atoms with E-state index in [1.165, 1.54) is 0 Å². The Morgan fingerprint density at radius 1 is 0.913 bits per heavy atom. The Labute approximate surface area is 141 Å². The first-order chi connectivity index (χ1) is 11.2. The number of aliphatic hydroxyl groups excluding tert-OH is 1. The Morgan fingerprint density at radius 3 is 2.17 bits per heavy atom. The van der Waals surface area contributed by atoms with E-state index in [4.69, 9.17) is 10.2 Å². The quantitative estimate of drug-likeness (QED) is 0.319. The predicted octanol–water partition coefficient (Wildman–Crippen LogP) is 5.27. The van der Waals surface area contributed by atoms with Crippen molar-refractivity contribution >= 4 is 5.97 Å². The van der Waals surface area contributed by atoms with Crippen molar-refractivity contribution in [3.63, 3.8) is 0 Å². The zero-order chi connectivity index (χ0) is 17.2. The van der Waals surface area contributed by atoms with E-state index in [9.17, 15) is 4.79 Å². The lowest BCUT2D eigenvalue weighted by Crippen LogP contribution is -2.06. The van der Waals surface area contributed by atoms with Crippen molar-refractivity contribution in [2.24, 2.45) is 5.92 Å². The Balaban J connectivity index is 3.62. The number of allylic oxidation sites excluding steroid dienone is 6. The molecule has 0 aromatic heterocycles. The maximum absolute atomic E-state index is 10.6. The second-order valence-electron chi connectivity index (χ2n) is 5.89. The molecule has 0 saturated heterocycles. The standard InChI is InChI=1S/C20H34O3/c1-2-3-4-5-6-7-8-9-10-11-12-13-14-19(17-18-21)15-16-20(22)23/h3-4,6-7,9-10,19,21H,2,5,8,11-18H2,1H3,(H,22,23)/b4-3-,7-6-,10-9-. The highest BCUT2D eigenvalue weighted by atomic mass is 16.4. The van der Waals surface area contributed by atoms with Crippen LogP contribution in [0.25, 0.3) is 0 Å². The predicted molar refractivity (Wildman–Crippen MR) is 97.5 cm³/mol. The number of unbranched alkanes of at least 4 members (excludes halogenated alkanes) is 2. The summed E-state index contributed by atoms with van der Waals surface area (Å²) in [5.74, 6) is -0.395. The molecule has 1 atom stereocenters. The number of rotatable bonds is 15. The third kappa shape index (κ3) is 16.8. The molecule has 0 heterocycles. The zero-order valence-corrected chi connectivity index (χ0v) is 14.6. The van der Waals surface area contributed by atoms with Crippen molar-refractivity contribution in [2.75, 3.05) is 6.61 Å². The lowest BCUT2D eigenvalue weighted by Gasteiger charge is -2.14. The van der Waals surface area contributed by atoms with E-state index in [1.807, 2.05) is 0 Å². The van der Waals surface area contributed by atoms with Gasteiger partial charge in [-0.1, -0.05) is 56.2 Å². The third-order valence-corrected chi connectivity index (χ3v) is 3.82.